The first-order chi connectivity index (χ1) is 11.0. The number of aliphatic imine (C=N–C) groups is 1. The molecule has 0 aromatic heterocycles. The third-order valence-corrected chi connectivity index (χ3v) is 6.14. The van der Waals surface area contributed by atoms with E-state index >= 15 is 0 Å². The van der Waals surface area contributed by atoms with E-state index in [2.05, 4.69) is 36.9 Å². The number of rotatable bonds is 4. The van der Waals surface area contributed by atoms with Gasteiger partial charge in [0.2, 0.25) is 0 Å². The molecule has 2 nitrogen and oxygen atoms in total. The molecule has 0 saturated carbocycles. The van der Waals surface area contributed by atoms with Crippen molar-refractivity contribution < 1.29 is 4.74 Å². The lowest BCUT2D eigenvalue weighted by Crippen LogP contribution is -1.99. The quantitative estimate of drug-likeness (QED) is 0.477. The third kappa shape index (κ3) is 4.26. The zero-order chi connectivity index (χ0) is 16.4. The summed E-state index contributed by atoms with van der Waals surface area (Å²) in [7, 11) is 0. The lowest BCUT2D eigenvalue weighted by atomic mass is 10.2. The van der Waals surface area contributed by atoms with Gasteiger partial charge in [0.1, 0.15) is 12.4 Å². The molecule has 0 atom stereocenters. The maximum Gasteiger partial charge on any atom is 0.148 e. The first kappa shape index (κ1) is 17.6. The Bertz CT molecular complexity index is 760. The van der Waals surface area contributed by atoms with Crippen LogP contribution in [0.15, 0.2) is 44.3 Å². The first-order valence-electron chi connectivity index (χ1n) is 6.78. The number of hydrogen-bond donors (Lipinski definition) is 0. The normalized spacial score (nSPS) is 14.0. The molecule has 3 rings (SSSR count). The van der Waals surface area contributed by atoms with E-state index in [-0.39, 0.29) is 0 Å². The molecule has 0 unspecified atom stereocenters. The van der Waals surface area contributed by atoms with E-state index in [0.717, 1.165) is 43.2 Å². The molecule has 2 aromatic carbocycles. The van der Waals surface area contributed by atoms with Crippen LogP contribution in [0.25, 0.3) is 0 Å². The van der Waals surface area contributed by atoms with Crippen molar-refractivity contribution in [1.82, 2.24) is 0 Å². The summed E-state index contributed by atoms with van der Waals surface area (Å²) >= 11 is 20.9. The molecule has 0 saturated heterocycles. The fourth-order valence-corrected chi connectivity index (χ4v) is 4.70. The summed E-state index contributed by atoms with van der Waals surface area (Å²) in [5, 5.41) is 2.14. The predicted molar refractivity (Wildman–Crippen MR) is 106 cm³/mol. The zero-order valence-corrected chi connectivity index (χ0v) is 17.3. The second kappa shape index (κ2) is 7.79. The van der Waals surface area contributed by atoms with Gasteiger partial charge in [-0.15, -0.1) is 11.8 Å². The van der Waals surface area contributed by atoms with E-state index in [1.807, 2.05) is 24.3 Å². The maximum atomic E-state index is 6.03. The van der Waals surface area contributed by atoms with Crippen molar-refractivity contribution in [2.24, 2.45) is 4.99 Å². The maximum absolute atomic E-state index is 6.03. The molecule has 0 aliphatic carbocycles. The Kier molecular flexibility index (Phi) is 5.97. The zero-order valence-electron chi connectivity index (χ0n) is 11.8. The predicted octanol–water partition coefficient (Wildman–Crippen LogP) is 6.59. The molecule has 120 valence electrons. The van der Waals surface area contributed by atoms with Gasteiger partial charge in [-0.2, -0.15) is 0 Å². The average molecular weight is 496 g/mol. The Morgan fingerprint density at radius 3 is 2.43 bits per heavy atom. The van der Waals surface area contributed by atoms with Crippen molar-refractivity contribution in [2.75, 3.05) is 12.3 Å². The molecule has 0 bridgehead atoms. The van der Waals surface area contributed by atoms with E-state index in [4.69, 9.17) is 27.9 Å². The lowest BCUT2D eigenvalue weighted by Gasteiger charge is -2.13. The van der Waals surface area contributed by atoms with Crippen LogP contribution in [0.1, 0.15) is 11.1 Å². The number of halogens is 4. The minimum absolute atomic E-state index is 0.406. The Morgan fingerprint density at radius 1 is 1.09 bits per heavy atom. The highest BCUT2D eigenvalue weighted by Crippen LogP contribution is 2.37. The largest absolute Gasteiger partial charge is 0.487 e. The molecule has 2 aromatic rings. The number of ether oxygens (including phenoxy) is 1. The van der Waals surface area contributed by atoms with Crippen LogP contribution < -0.4 is 4.74 Å². The van der Waals surface area contributed by atoms with Crippen LogP contribution in [0.2, 0.25) is 10.0 Å². The number of nitrogens with zero attached hydrogens (tertiary/aromatic N) is 1. The first-order valence-corrected chi connectivity index (χ1v) is 10.1. The van der Waals surface area contributed by atoms with Crippen molar-refractivity contribution in [3.8, 4) is 5.75 Å². The molecule has 0 N–H and O–H groups in total. The van der Waals surface area contributed by atoms with Gasteiger partial charge in [0.25, 0.3) is 0 Å². The van der Waals surface area contributed by atoms with E-state index < -0.39 is 0 Å². The summed E-state index contributed by atoms with van der Waals surface area (Å²) in [6.45, 7) is 1.29. The summed E-state index contributed by atoms with van der Waals surface area (Å²) < 4.78 is 7.70. The molecular formula is C16H11Br2Cl2NOS. The van der Waals surface area contributed by atoms with Crippen molar-refractivity contribution in [2.45, 2.75) is 6.61 Å². The second-order valence-electron chi connectivity index (χ2n) is 4.84. The van der Waals surface area contributed by atoms with Crippen LogP contribution in [0.4, 0.5) is 0 Å². The smallest absolute Gasteiger partial charge is 0.148 e. The van der Waals surface area contributed by atoms with Crippen molar-refractivity contribution in [3.63, 3.8) is 0 Å². The minimum Gasteiger partial charge on any atom is -0.487 e. The fourth-order valence-electron chi connectivity index (χ4n) is 2.12. The molecule has 1 aliphatic heterocycles. The lowest BCUT2D eigenvalue weighted by molar-refractivity contribution is 0.302. The topological polar surface area (TPSA) is 21.6 Å². The Hall–Kier alpha value is -0.200. The molecule has 0 spiro atoms. The molecular weight excluding hydrogens is 485 g/mol. The van der Waals surface area contributed by atoms with Crippen LogP contribution >= 0.6 is 66.8 Å². The SMILES string of the molecule is Clc1ccc(COc2c(Br)cc(C3=NCCS3)cc2Br)cc1Cl. The van der Waals surface area contributed by atoms with Gasteiger partial charge in [-0.25, -0.2) is 0 Å². The van der Waals surface area contributed by atoms with E-state index in [0.29, 0.717) is 16.7 Å². The number of thioether (sulfide) groups is 1. The molecule has 1 aliphatic rings. The number of hydrogen-bond acceptors (Lipinski definition) is 3. The van der Waals surface area contributed by atoms with Gasteiger partial charge in [-0.05, 0) is 61.7 Å². The second-order valence-corrected chi connectivity index (χ2v) is 8.45. The molecule has 23 heavy (non-hydrogen) atoms. The Labute approximate surface area is 165 Å². The van der Waals surface area contributed by atoms with Crippen LogP contribution in [0, 0.1) is 0 Å². The van der Waals surface area contributed by atoms with E-state index in [1.54, 1.807) is 17.8 Å². The monoisotopic (exact) mass is 493 g/mol. The fraction of sp³-hybridized carbons (Fsp3) is 0.188. The number of benzene rings is 2. The highest BCUT2D eigenvalue weighted by molar-refractivity contribution is 9.11. The van der Waals surface area contributed by atoms with Crippen LogP contribution in [0.5, 0.6) is 5.75 Å². The summed E-state index contributed by atoms with van der Waals surface area (Å²) in [4.78, 5) is 4.50. The van der Waals surface area contributed by atoms with Gasteiger partial charge in [0, 0.05) is 17.9 Å². The van der Waals surface area contributed by atoms with Gasteiger partial charge < -0.3 is 4.74 Å². The summed E-state index contributed by atoms with van der Waals surface area (Å²) in [6, 6.07) is 9.54. The Morgan fingerprint density at radius 2 is 1.83 bits per heavy atom. The van der Waals surface area contributed by atoms with Crippen LogP contribution in [-0.2, 0) is 6.61 Å². The van der Waals surface area contributed by atoms with E-state index in [9.17, 15) is 0 Å². The summed E-state index contributed by atoms with van der Waals surface area (Å²) in [5.41, 5.74) is 2.05. The average Bonchev–Trinajstić information content (AvgIpc) is 3.04. The van der Waals surface area contributed by atoms with Crippen LogP contribution in [-0.4, -0.2) is 17.3 Å². The summed E-state index contributed by atoms with van der Waals surface area (Å²) in [5.74, 6) is 1.79. The molecule has 7 heteroatoms. The van der Waals surface area contributed by atoms with Gasteiger partial charge in [0.15, 0.2) is 0 Å². The van der Waals surface area contributed by atoms with Gasteiger partial charge >= 0.3 is 0 Å². The Balaban J connectivity index is 1.78. The molecule has 0 fully saturated rings. The van der Waals surface area contributed by atoms with Crippen molar-refractivity contribution >= 4 is 71.9 Å². The van der Waals surface area contributed by atoms with Crippen molar-refractivity contribution in [3.05, 3.63) is 60.4 Å². The molecule has 1 heterocycles. The standard InChI is InChI=1S/C16H11Br2Cl2NOS/c17-11-6-10(16-21-3-4-23-16)7-12(18)15(11)22-8-9-1-2-13(19)14(20)5-9/h1-2,5-7H,3-4,8H2. The highest BCUT2D eigenvalue weighted by atomic mass is 79.9. The van der Waals surface area contributed by atoms with Crippen molar-refractivity contribution in [1.29, 1.82) is 0 Å². The summed E-state index contributed by atoms with van der Waals surface area (Å²) in [6.07, 6.45) is 0. The molecule has 0 radical (unpaired) electrons. The molecule has 0 amide bonds. The van der Waals surface area contributed by atoms with Gasteiger partial charge in [-0.1, -0.05) is 29.3 Å². The minimum atomic E-state index is 0.406. The van der Waals surface area contributed by atoms with E-state index in [1.165, 1.54) is 0 Å². The van der Waals surface area contributed by atoms with Gasteiger partial charge in [0.05, 0.1) is 24.0 Å². The van der Waals surface area contributed by atoms with Crippen LogP contribution in [0.3, 0.4) is 0 Å². The third-order valence-electron chi connectivity index (χ3n) is 3.20. The van der Waals surface area contributed by atoms with Gasteiger partial charge in [-0.3, -0.25) is 4.99 Å². The highest BCUT2D eigenvalue weighted by Gasteiger charge is 2.15.